The van der Waals surface area contributed by atoms with Crippen molar-refractivity contribution in [2.45, 2.75) is 33.2 Å². The summed E-state index contributed by atoms with van der Waals surface area (Å²) in [6.45, 7) is 7.79. The van der Waals surface area contributed by atoms with E-state index in [1.807, 2.05) is 13.8 Å². The zero-order valence-corrected chi connectivity index (χ0v) is 9.21. The second kappa shape index (κ2) is 7.34. The predicted octanol–water partition coefficient (Wildman–Crippen LogP) is 0.747. The van der Waals surface area contributed by atoms with Crippen LogP contribution in [0.15, 0.2) is 0 Å². The molecule has 14 heavy (non-hydrogen) atoms. The zero-order valence-electron chi connectivity index (χ0n) is 9.21. The van der Waals surface area contributed by atoms with Gasteiger partial charge < -0.3 is 10.2 Å². The van der Waals surface area contributed by atoms with Crippen molar-refractivity contribution in [3.8, 4) is 6.07 Å². The van der Waals surface area contributed by atoms with Crippen LogP contribution in [0, 0.1) is 11.3 Å². The molecule has 1 unspecified atom stereocenters. The van der Waals surface area contributed by atoms with E-state index >= 15 is 0 Å². The van der Waals surface area contributed by atoms with Gasteiger partial charge in [-0.15, -0.1) is 0 Å². The molecule has 0 aromatic carbocycles. The number of hydrogen-bond donors (Lipinski definition) is 1. The largest absolute Gasteiger partial charge is 0.343 e. The van der Waals surface area contributed by atoms with Crippen LogP contribution in [0.25, 0.3) is 0 Å². The van der Waals surface area contributed by atoms with Crippen molar-refractivity contribution in [1.82, 2.24) is 10.2 Å². The first-order chi connectivity index (χ1) is 6.65. The lowest BCUT2D eigenvalue weighted by Crippen LogP contribution is -2.34. The highest BCUT2D eigenvalue weighted by atomic mass is 16.2. The lowest BCUT2D eigenvalue weighted by molar-refractivity contribution is -0.130. The standard InChI is InChI=1S/C10H19N3O/c1-4-13(5-2)10(14)6-7-12-9(3)8-11/h9,12H,4-7H2,1-3H3. The highest BCUT2D eigenvalue weighted by Crippen LogP contribution is 1.92. The number of hydrogen-bond acceptors (Lipinski definition) is 3. The van der Waals surface area contributed by atoms with Gasteiger partial charge in [-0.05, 0) is 20.8 Å². The first-order valence-corrected chi connectivity index (χ1v) is 5.06. The van der Waals surface area contributed by atoms with Crippen LogP contribution in [0.5, 0.6) is 0 Å². The lowest BCUT2D eigenvalue weighted by Gasteiger charge is -2.18. The molecular formula is C10H19N3O. The van der Waals surface area contributed by atoms with Crippen molar-refractivity contribution in [2.75, 3.05) is 19.6 Å². The molecule has 1 atom stereocenters. The van der Waals surface area contributed by atoms with E-state index in [9.17, 15) is 4.79 Å². The number of nitriles is 1. The van der Waals surface area contributed by atoms with E-state index < -0.39 is 0 Å². The Balaban J connectivity index is 3.69. The first kappa shape index (κ1) is 12.9. The van der Waals surface area contributed by atoms with Crippen LogP contribution in [-0.4, -0.2) is 36.5 Å². The van der Waals surface area contributed by atoms with E-state index in [-0.39, 0.29) is 11.9 Å². The summed E-state index contributed by atoms with van der Waals surface area (Å²) in [5.41, 5.74) is 0. The molecule has 0 heterocycles. The SMILES string of the molecule is CCN(CC)C(=O)CCNC(C)C#N. The Kier molecular flexibility index (Phi) is 6.77. The Morgan fingerprint density at radius 1 is 1.50 bits per heavy atom. The minimum atomic E-state index is -0.181. The van der Waals surface area contributed by atoms with E-state index in [1.54, 1.807) is 11.8 Å². The lowest BCUT2D eigenvalue weighted by atomic mass is 10.3. The van der Waals surface area contributed by atoms with Crippen LogP contribution < -0.4 is 5.32 Å². The molecular weight excluding hydrogens is 178 g/mol. The van der Waals surface area contributed by atoms with E-state index in [0.717, 1.165) is 13.1 Å². The second-order valence-electron chi connectivity index (χ2n) is 3.12. The minimum absolute atomic E-state index is 0.146. The fraction of sp³-hybridized carbons (Fsp3) is 0.800. The maximum Gasteiger partial charge on any atom is 0.223 e. The first-order valence-electron chi connectivity index (χ1n) is 5.06. The van der Waals surface area contributed by atoms with Gasteiger partial charge in [0.05, 0.1) is 12.1 Å². The van der Waals surface area contributed by atoms with Crippen LogP contribution in [0.1, 0.15) is 27.2 Å². The molecule has 0 saturated heterocycles. The number of amides is 1. The van der Waals surface area contributed by atoms with Crippen LogP contribution in [-0.2, 0) is 4.79 Å². The van der Waals surface area contributed by atoms with Gasteiger partial charge in [0.2, 0.25) is 5.91 Å². The van der Waals surface area contributed by atoms with E-state index in [2.05, 4.69) is 11.4 Å². The van der Waals surface area contributed by atoms with Crippen LogP contribution in [0.2, 0.25) is 0 Å². The molecule has 0 aliphatic heterocycles. The molecule has 0 fully saturated rings. The number of carbonyl (C=O) groups excluding carboxylic acids is 1. The van der Waals surface area contributed by atoms with Gasteiger partial charge in [-0.25, -0.2) is 0 Å². The molecule has 4 nitrogen and oxygen atoms in total. The Bertz CT molecular complexity index is 206. The van der Waals surface area contributed by atoms with E-state index in [4.69, 9.17) is 5.26 Å². The smallest absolute Gasteiger partial charge is 0.223 e. The molecule has 0 bridgehead atoms. The summed E-state index contributed by atoms with van der Waals surface area (Å²) in [5, 5.41) is 11.5. The highest BCUT2D eigenvalue weighted by molar-refractivity contribution is 5.76. The van der Waals surface area contributed by atoms with Gasteiger partial charge in [0.25, 0.3) is 0 Å². The molecule has 0 rings (SSSR count). The predicted molar refractivity (Wildman–Crippen MR) is 55.6 cm³/mol. The number of rotatable bonds is 6. The van der Waals surface area contributed by atoms with Crippen molar-refractivity contribution in [3.63, 3.8) is 0 Å². The molecule has 1 amide bonds. The molecule has 0 saturated carbocycles. The van der Waals surface area contributed by atoms with Crippen LogP contribution >= 0.6 is 0 Å². The summed E-state index contributed by atoms with van der Waals surface area (Å²) < 4.78 is 0. The van der Waals surface area contributed by atoms with Crippen molar-refractivity contribution in [1.29, 1.82) is 5.26 Å². The van der Waals surface area contributed by atoms with Gasteiger partial charge in [0, 0.05) is 26.1 Å². The van der Waals surface area contributed by atoms with Gasteiger partial charge in [0.15, 0.2) is 0 Å². The van der Waals surface area contributed by atoms with Crippen LogP contribution in [0.3, 0.4) is 0 Å². The third kappa shape index (κ3) is 4.83. The molecule has 0 radical (unpaired) electrons. The monoisotopic (exact) mass is 197 g/mol. The molecule has 80 valence electrons. The fourth-order valence-corrected chi connectivity index (χ4v) is 1.18. The molecule has 0 aliphatic rings. The average Bonchev–Trinajstić information content (AvgIpc) is 2.19. The van der Waals surface area contributed by atoms with Crippen molar-refractivity contribution >= 4 is 5.91 Å². The fourth-order valence-electron chi connectivity index (χ4n) is 1.18. The van der Waals surface area contributed by atoms with Crippen molar-refractivity contribution < 1.29 is 4.79 Å². The zero-order chi connectivity index (χ0) is 11.0. The summed E-state index contributed by atoms with van der Waals surface area (Å²) in [4.78, 5) is 13.3. The normalized spacial score (nSPS) is 11.9. The van der Waals surface area contributed by atoms with Gasteiger partial charge >= 0.3 is 0 Å². The van der Waals surface area contributed by atoms with Crippen molar-refractivity contribution in [3.05, 3.63) is 0 Å². The Morgan fingerprint density at radius 2 is 2.07 bits per heavy atom. The average molecular weight is 197 g/mol. The quantitative estimate of drug-likeness (QED) is 0.683. The molecule has 0 aromatic rings. The maximum atomic E-state index is 11.5. The molecule has 4 heteroatoms. The Morgan fingerprint density at radius 3 is 2.50 bits per heavy atom. The number of nitrogens with one attached hydrogen (secondary N) is 1. The Hall–Kier alpha value is -1.08. The van der Waals surface area contributed by atoms with Gasteiger partial charge in [-0.3, -0.25) is 4.79 Å². The number of nitrogens with zero attached hydrogens (tertiary/aromatic N) is 2. The second-order valence-corrected chi connectivity index (χ2v) is 3.12. The Labute approximate surface area is 85.9 Å². The summed E-state index contributed by atoms with van der Waals surface area (Å²) >= 11 is 0. The maximum absolute atomic E-state index is 11.5. The number of carbonyl (C=O) groups is 1. The topological polar surface area (TPSA) is 56.1 Å². The molecule has 0 aromatic heterocycles. The van der Waals surface area contributed by atoms with Gasteiger partial charge in [-0.1, -0.05) is 0 Å². The summed E-state index contributed by atoms with van der Waals surface area (Å²) in [6.07, 6.45) is 0.466. The molecule has 1 N–H and O–H groups in total. The minimum Gasteiger partial charge on any atom is -0.343 e. The third-order valence-corrected chi connectivity index (χ3v) is 2.10. The summed E-state index contributed by atoms with van der Waals surface area (Å²) in [7, 11) is 0. The highest BCUT2D eigenvalue weighted by Gasteiger charge is 2.08. The summed E-state index contributed by atoms with van der Waals surface area (Å²) in [5.74, 6) is 0.146. The summed E-state index contributed by atoms with van der Waals surface area (Å²) in [6, 6.07) is 1.88. The van der Waals surface area contributed by atoms with E-state index in [1.165, 1.54) is 0 Å². The van der Waals surface area contributed by atoms with Crippen LogP contribution in [0.4, 0.5) is 0 Å². The van der Waals surface area contributed by atoms with E-state index in [0.29, 0.717) is 13.0 Å². The molecule has 0 aliphatic carbocycles. The van der Waals surface area contributed by atoms with Gasteiger partial charge in [-0.2, -0.15) is 5.26 Å². The third-order valence-electron chi connectivity index (χ3n) is 2.10. The van der Waals surface area contributed by atoms with Gasteiger partial charge in [0.1, 0.15) is 0 Å². The molecule has 0 spiro atoms. The van der Waals surface area contributed by atoms with Crippen molar-refractivity contribution in [2.24, 2.45) is 0 Å².